The second kappa shape index (κ2) is 8.45. The van der Waals surface area contributed by atoms with Crippen molar-refractivity contribution >= 4 is 17.5 Å². The standard InChI is InChI=1S/C19H30N4O2/c1-4-14-7-5-6-8-15(14)22-17(24)11-21-18(25)12-23-10-9-16(20)19(2,3)13-23/h5-8,16H,4,9-13,20H2,1-3H3,(H,21,25)(H,22,24). The van der Waals surface area contributed by atoms with Crippen molar-refractivity contribution in [3.63, 3.8) is 0 Å². The molecule has 6 heteroatoms. The lowest BCUT2D eigenvalue weighted by Crippen LogP contribution is -2.54. The molecule has 1 aromatic rings. The topological polar surface area (TPSA) is 87.5 Å². The lowest BCUT2D eigenvalue weighted by Gasteiger charge is -2.42. The van der Waals surface area contributed by atoms with Crippen LogP contribution in [0.1, 0.15) is 32.8 Å². The number of anilines is 1. The van der Waals surface area contributed by atoms with Crippen LogP contribution in [0.25, 0.3) is 0 Å². The molecule has 6 nitrogen and oxygen atoms in total. The van der Waals surface area contributed by atoms with Crippen LogP contribution < -0.4 is 16.4 Å². The maximum atomic E-state index is 12.1. The number of nitrogens with one attached hydrogen (secondary N) is 2. The van der Waals surface area contributed by atoms with Crippen LogP contribution >= 0.6 is 0 Å². The summed E-state index contributed by atoms with van der Waals surface area (Å²) < 4.78 is 0. The van der Waals surface area contributed by atoms with Gasteiger partial charge in [0.05, 0.1) is 13.1 Å². The lowest BCUT2D eigenvalue weighted by molar-refractivity contribution is -0.125. The van der Waals surface area contributed by atoms with E-state index in [0.717, 1.165) is 37.2 Å². The van der Waals surface area contributed by atoms with E-state index in [4.69, 9.17) is 5.73 Å². The number of nitrogens with zero attached hydrogens (tertiary/aromatic N) is 1. The molecule has 138 valence electrons. The molecule has 1 atom stereocenters. The Morgan fingerprint density at radius 1 is 1.28 bits per heavy atom. The molecule has 1 heterocycles. The molecule has 0 aromatic heterocycles. The fourth-order valence-corrected chi connectivity index (χ4v) is 3.20. The number of aryl methyl sites for hydroxylation is 1. The van der Waals surface area contributed by atoms with Gasteiger partial charge in [0.15, 0.2) is 0 Å². The Bertz CT molecular complexity index is 615. The highest BCUT2D eigenvalue weighted by atomic mass is 16.2. The van der Waals surface area contributed by atoms with Crippen molar-refractivity contribution in [3.05, 3.63) is 29.8 Å². The molecular weight excluding hydrogens is 316 g/mol. The van der Waals surface area contributed by atoms with Gasteiger partial charge in [0, 0.05) is 24.8 Å². The highest BCUT2D eigenvalue weighted by molar-refractivity contribution is 5.95. The first-order valence-corrected chi connectivity index (χ1v) is 8.94. The Morgan fingerprint density at radius 2 is 2.00 bits per heavy atom. The Balaban J connectivity index is 1.77. The van der Waals surface area contributed by atoms with E-state index in [1.165, 1.54) is 0 Å². The molecule has 1 fully saturated rings. The first-order chi connectivity index (χ1) is 11.8. The van der Waals surface area contributed by atoms with Gasteiger partial charge >= 0.3 is 0 Å². The predicted molar refractivity (Wildman–Crippen MR) is 100 cm³/mol. The number of carbonyl (C=O) groups is 2. The summed E-state index contributed by atoms with van der Waals surface area (Å²) in [6.45, 7) is 8.17. The number of likely N-dealkylation sites (tertiary alicyclic amines) is 1. The molecule has 4 N–H and O–H groups in total. The number of rotatable bonds is 6. The van der Waals surface area contributed by atoms with Crippen molar-refractivity contribution in [2.45, 2.75) is 39.7 Å². The van der Waals surface area contributed by atoms with Gasteiger partial charge in [-0.2, -0.15) is 0 Å². The molecule has 1 saturated heterocycles. The van der Waals surface area contributed by atoms with Crippen molar-refractivity contribution in [2.75, 3.05) is 31.5 Å². The molecule has 0 saturated carbocycles. The minimum atomic E-state index is -0.213. The number of carbonyl (C=O) groups excluding carboxylic acids is 2. The first-order valence-electron chi connectivity index (χ1n) is 8.94. The van der Waals surface area contributed by atoms with Crippen LogP contribution in [0.15, 0.2) is 24.3 Å². The minimum Gasteiger partial charge on any atom is -0.346 e. The van der Waals surface area contributed by atoms with Crippen LogP contribution in [0.5, 0.6) is 0 Å². The molecule has 0 radical (unpaired) electrons. The van der Waals surface area contributed by atoms with Gasteiger partial charge in [-0.05, 0) is 29.9 Å². The number of benzene rings is 1. The second-order valence-corrected chi connectivity index (χ2v) is 7.43. The van der Waals surface area contributed by atoms with Gasteiger partial charge in [0.1, 0.15) is 0 Å². The van der Waals surface area contributed by atoms with E-state index in [2.05, 4.69) is 29.4 Å². The maximum absolute atomic E-state index is 12.1. The molecule has 1 unspecified atom stereocenters. The first kappa shape index (κ1) is 19.4. The number of hydrogen-bond donors (Lipinski definition) is 3. The Hall–Kier alpha value is -1.92. The van der Waals surface area contributed by atoms with Crippen LogP contribution in [0.3, 0.4) is 0 Å². The zero-order chi connectivity index (χ0) is 18.4. The number of hydrogen-bond acceptors (Lipinski definition) is 4. The Kier molecular flexibility index (Phi) is 6.56. The van der Waals surface area contributed by atoms with Crippen LogP contribution in [-0.2, 0) is 16.0 Å². The molecule has 1 aliphatic heterocycles. The van der Waals surface area contributed by atoms with Crippen molar-refractivity contribution < 1.29 is 9.59 Å². The highest BCUT2D eigenvalue weighted by Crippen LogP contribution is 2.27. The average molecular weight is 346 g/mol. The highest BCUT2D eigenvalue weighted by Gasteiger charge is 2.33. The fraction of sp³-hybridized carbons (Fsp3) is 0.579. The van der Waals surface area contributed by atoms with E-state index in [1.807, 2.05) is 31.2 Å². The molecule has 2 rings (SSSR count). The quantitative estimate of drug-likeness (QED) is 0.726. The number of nitrogens with two attached hydrogens (primary N) is 1. The van der Waals surface area contributed by atoms with Gasteiger partial charge in [-0.25, -0.2) is 0 Å². The molecule has 0 aliphatic carbocycles. The van der Waals surface area contributed by atoms with Gasteiger partial charge in [0.2, 0.25) is 11.8 Å². The molecular formula is C19H30N4O2. The summed E-state index contributed by atoms with van der Waals surface area (Å²) in [5.74, 6) is -0.347. The molecule has 25 heavy (non-hydrogen) atoms. The summed E-state index contributed by atoms with van der Waals surface area (Å²) in [4.78, 5) is 26.3. The summed E-state index contributed by atoms with van der Waals surface area (Å²) >= 11 is 0. The molecule has 1 aromatic carbocycles. The fourth-order valence-electron chi connectivity index (χ4n) is 3.20. The lowest BCUT2D eigenvalue weighted by atomic mass is 9.80. The Morgan fingerprint density at radius 3 is 2.68 bits per heavy atom. The average Bonchev–Trinajstić information content (AvgIpc) is 2.56. The van der Waals surface area contributed by atoms with Crippen LogP contribution in [0, 0.1) is 5.41 Å². The largest absolute Gasteiger partial charge is 0.346 e. The second-order valence-electron chi connectivity index (χ2n) is 7.43. The van der Waals surface area contributed by atoms with Gasteiger partial charge in [-0.3, -0.25) is 14.5 Å². The molecule has 0 spiro atoms. The van der Waals surface area contributed by atoms with E-state index < -0.39 is 0 Å². The van der Waals surface area contributed by atoms with E-state index >= 15 is 0 Å². The summed E-state index contributed by atoms with van der Waals surface area (Å²) in [6, 6.07) is 7.85. The van der Waals surface area contributed by atoms with Gasteiger partial charge in [0.25, 0.3) is 0 Å². The van der Waals surface area contributed by atoms with Crippen molar-refractivity contribution in [2.24, 2.45) is 11.1 Å². The third-order valence-corrected chi connectivity index (χ3v) is 4.88. The number of para-hydroxylation sites is 1. The van der Waals surface area contributed by atoms with E-state index in [1.54, 1.807) is 0 Å². The van der Waals surface area contributed by atoms with E-state index in [9.17, 15) is 9.59 Å². The molecule has 2 amide bonds. The van der Waals surface area contributed by atoms with Gasteiger partial charge in [-0.15, -0.1) is 0 Å². The summed E-state index contributed by atoms with van der Waals surface area (Å²) in [7, 11) is 0. The van der Waals surface area contributed by atoms with Crippen LogP contribution in [-0.4, -0.2) is 48.9 Å². The minimum absolute atomic E-state index is 0.000230. The van der Waals surface area contributed by atoms with Crippen molar-refractivity contribution in [3.8, 4) is 0 Å². The van der Waals surface area contributed by atoms with E-state index in [-0.39, 0.29) is 29.8 Å². The smallest absolute Gasteiger partial charge is 0.243 e. The summed E-state index contributed by atoms with van der Waals surface area (Å²) in [6.07, 6.45) is 1.73. The van der Waals surface area contributed by atoms with Crippen molar-refractivity contribution in [1.29, 1.82) is 0 Å². The van der Waals surface area contributed by atoms with Crippen LogP contribution in [0.4, 0.5) is 5.69 Å². The molecule has 0 bridgehead atoms. The molecule has 1 aliphatic rings. The number of amides is 2. The van der Waals surface area contributed by atoms with E-state index in [0.29, 0.717) is 6.54 Å². The summed E-state index contributed by atoms with van der Waals surface area (Å²) in [5, 5.41) is 5.56. The zero-order valence-electron chi connectivity index (χ0n) is 15.5. The van der Waals surface area contributed by atoms with Crippen molar-refractivity contribution in [1.82, 2.24) is 10.2 Å². The predicted octanol–water partition coefficient (Wildman–Crippen LogP) is 1.36. The maximum Gasteiger partial charge on any atom is 0.243 e. The zero-order valence-corrected chi connectivity index (χ0v) is 15.5. The monoisotopic (exact) mass is 346 g/mol. The normalized spacial score (nSPS) is 20.1. The SMILES string of the molecule is CCc1ccccc1NC(=O)CNC(=O)CN1CCC(N)C(C)(C)C1. The third-order valence-electron chi connectivity index (χ3n) is 4.88. The third kappa shape index (κ3) is 5.54. The van der Waals surface area contributed by atoms with Gasteiger partial charge in [-0.1, -0.05) is 39.0 Å². The van der Waals surface area contributed by atoms with Gasteiger partial charge < -0.3 is 16.4 Å². The van der Waals surface area contributed by atoms with Crippen LogP contribution in [0.2, 0.25) is 0 Å². The summed E-state index contributed by atoms with van der Waals surface area (Å²) in [5.41, 5.74) is 8.00. The number of piperidine rings is 1. The Labute approximate surface area is 150 Å².